The van der Waals surface area contributed by atoms with Crippen molar-refractivity contribution in [3.63, 3.8) is 0 Å². The van der Waals surface area contributed by atoms with Gasteiger partial charge in [0, 0.05) is 25.2 Å². The summed E-state index contributed by atoms with van der Waals surface area (Å²) in [5.74, 6) is -0.292. The van der Waals surface area contributed by atoms with Gasteiger partial charge in [-0.1, -0.05) is 153 Å². The topological polar surface area (TPSA) is 69.7 Å². The molecule has 5 nitrogen and oxygen atoms in total. The van der Waals surface area contributed by atoms with E-state index < -0.39 is 5.41 Å². The van der Waals surface area contributed by atoms with Gasteiger partial charge in [0.15, 0.2) is 0 Å². The van der Waals surface area contributed by atoms with E-state index >= 15 is 0 Å². The largest absolute Gasteiger partial charge is 0.465 e. The molecule has 2 atom stereocenters. The Kier molecular flexibility index (Phi) is 38.0. The zero-order valence-electron chi connectivity index (χ0n) is 36.9. The summed E-state index contributed by atoms with van der Waals surface area (Å²) in [6.45, 7) is 11.0. The summed E-state index contributed by atoms with van der Waals surface area (Å²) in [4.78, 5) is 38.6. The average molecular weight is 769 g/mol. The molecule has 5 heteroatoms. The Labute approximate surface area is 341 Å². The van der Waals surface area contributed by atoms with Gasteiger partial charge in [0.1, 0.15) is 5.78 Å². The lowest BCUT2D eigenvalue weighted by Crippen LogP contribution is -2.32. The van der Waals surface area contributed by atoms with Crippen LogP contribution in [0.3, 0.4) is 0 Å². The molecule has 55 heavy (non-hydrogen) atoms. The van der Waals surface area contributed by atoms with E-state index in [1.54, 1.807) is 0 Å². The van der Waals surface area contributed by atoms with E-state index in [0.717, 1.165) is 89.9 Å². The SMILES string of the molecule is CCCCC/C=C\C/C=C\CCCCCCCC(=O)CCC(COC(=O)CCCCCCC/C=C\C/C=C\CCCCC)COC(=O)C(C)(CC)CCCC. The molecule has 0 aromatic heterocycles. The first-order valence-electron chi connectivity index (χ1n) is 23.3. The van der Waals surface area contributed by atoms with Crippen molar-refractivity contribution in [3.8, 4) is 0 Å². The zero-order chi connectivity index (χ0) is 40.5. The molecule has 0 N–H and O–H groups in total. The molecule has 0 saturated carbocycles. The van der Waals surface area contributed by atoms with Crippen LogP contribution in [0.2, 0.25) is 0 Å². The molecule has 0 aromatic rings. The quantitative estimate of drug-likeness (QED) is 0.0353. The van der Waals surface area contributed by atoms with Gasteiger partial charge < -0.3 is 9.47 Å². The first-order valence-corrected chi connectivity index (χ1v) is 23.3. The number of hydrogen-bond donors (Lipinski definition) is 0. The summed E-state index contributed by atoms with van der Waals surface area (Å²) in [7, 11) is 0. The van der Waals surface area contributed by atoms with Gasteiger partial charge in [-0.15, -0.1) is 0 Å². The Morgan fingerprint density at radius 3 is 1.42 bits per heavy atom. The minimum atomic E-state index is -0.505. The fraction of sp³-hybridized carbons (Fsp3) is 0.780. The van der Waals surface area contributed by atoms with E-state index in [4.69, 9.17) is 9.47 Å². The van der Waals surface area contributed by atoms with E-state index in [-0.39, 0.29) is 36.9 Å². The van der Waals surface area contributed by atoms with E-state index in [2.05, 4.69) is 69.4 Å². The predicted octanol–water partition coefficient (Wildman–Crippen LogP) is 15.3. The van der Waals surface area contributed by atoms with Crippen LogP contribution in [-0.2, 0) is 23.9 Å². The number of ketones is 1. The lowest BCUT2D eigenvalue weighted by molar-refractivity contribution is -0.158. The first-order chi connectivity index (χ1) is 26.8. The van der Waals surface area contributed by atoms with E-state index in [0.29, 0.717) is 25.7 Å². The van der Waals surface area contributed by atoms with Crippen molar-refractivity contribution < 1.29 is 23.9 Å². The Morgan fingerprint density at radius 1 is 0.491 bits per heavy atom. The van der Waals surface area contributed by atoms with Crippen LogP contribution in [0.1, 0.15) is 227 Å². The van der Waals surface area contributed by atoms with Crippen molar-refractivity contribution in [2.75, 3.05) is 13.2 Å². The van der Waals surface area contributed by atoms with Crippen LogP contribution >= 0.6 is 0 Å². The number of esters is 2. The molecule has 0 amide bonds. The summed E-state index contributed by atoms with van der Waals surface area (Å²) in [6.07, 6.45) is 49.3. The maximum Gasteiger partial charge on any atom is 0.311 e. The highest BCUT2D eigenvalue weighted by Crippen LogP contribution is 2.30. The summed E-state index contributed by atoms with van der Waals surface area (Å²) in [6, 6.07) is 0. The summed E-state index contributed by atoms with van der Waals surface area (Å²) >= 11 is 0. The Hall–Kier alpha value is -2.43. The molecule has 0 radical (unpaired) electrons. The molecule has 2 unspecified atom stereocenters. The lowest BCUT2D eigenvalue weighted by Gasteiger charge is -2.27. The number of allylic oxidation sites excluding steroid dienone is 8. The molecule has 0 fully saturated rings. The number of rotatable bonds is 40. The Bertz CT molecular complexity index is 961. The number of ether oxygens (including phenoxy) is 2. The highest BCUT2D eigenvalue weighted by Gasteiger charge is 2.33. The average Bonchev–Trinajstić information content (AvgIpc) is 3.19. The van der Waals surface area contributed by atoms with Gasteiger partial charge in [-0.25, -0.2) is 0 Å². The van der Waals surface area contributed by atoms with E-state index in [9.17, 15) is 14.4 Å². The summed E-state index contributed by atoms with van der Waals surface area (Å²) in [5.41, 5.74) is -0.505. The van der Waals surface area contributed by atoms with Crippen LogP contribution in [0, 0.1) is 11.3 Å². The zero-order valence-corrected chi connectivity index (χ0v) is 36.9. The first kappa shape index (κ1) is 52.6. The van der Waals surface area contributed by atoms with E-state index in [1.165, 1.54) is 77.0 Å². The number of unbranched alkanes of at least 4 members (excludes halogenated alkanes) is 17. The standard InChI is InChI=1S/C50H88O5/c1-6-10-13-15-17-19-21-23-25-27-29-31-33-35-37-39-47(51)42-41-46(45-55-49(53)50(5,9-4)43-12-8-3)44-54-48(52)40-38-36-34-32-30-28-26-24-22-20-18-16-14-11-7-2/h17-20,23-26,46H,6-16,21-22,27-45H2,1-5H3/b19-17-,20-18-,25-23-,26-24-. The number of hydrogen-bond acceptors (Lipinski definition) is 5. The smallest absolute Gasteiger partial charge is 0.311 e. The maximum absolute atomic E-state index is 13.1. The molecule has 0 aromatic carbocycles. The molecule has 0 aliphatic rings. The molecule has 0 bridgehead atoms. The van der Waals surface area contributed by atoms with Gasteiger partial charge in [0.2, 0.25) is 0 Å². The van der Waals surface area contributed by atoms with Gasteiger partial charge in [-0.2, -0.15) is 0 Å². The molecule has 0 spiro atoms. The van der Waals surface area contributed by atoms with Gasteiger partial charge in [-0.3, -0.25) is 14.4 Å². The lowest BCUT2D eigenvalue weighted by atomic mass is 9.82. The van der Waals surface area contributed by atoms with Gasteiger partial charge in [-0.05, 0) is 103 Å². The highest BCUT2D eigenvalue weighted by molar-refractivity contribution is 5.78. The molecule has 0 rings (SSSR count). The second kappa shape index (κ2) is 39.8. The predicted molar refractivity (Wildman–Crippen MR) is 236 cm³/mol. The molecule has 0 heterocycles. The van der Waals surface area contributed by atoms with Crippen molar-refractivity contribution in [3.05, 3.63) is 48.6 Å². The molecule has 318 valence electrons. The van der Waals surface area contributed by atoms with E-state index in [1.807, 2.05) is 13.8 Å². The van der Waals surface area contributed by atoms with Crippen LogP contribution in [0.5, 0.6) is 0 Å². The number of carbonyl (C=O) groups excluding carboxylic acids is 3. The third kappa shape index (κ3) is 34.5. The molecule has 0 aliphatic heterocycles. The summed E-state index contributed by atoms with van der Waals surface area (Å²) < 4.78 is 11.5. The Morgan fingerprint density at radius 2 is 0.927 bits per heavy atom. The second-order valence-electron chi connectivity index (χ2n) is 16.2. The molecular formula is C50H88O5. The van der Waals surface area contributed by atoms with Crippen molar-refractivity contribution in [1.29, 1.82) is 0 Å². The maximum atomic E-state index is 13.1. The minimum Gasteiger partial charge on any atom is -0.465 e. The van der Waals surface area contributed by atoms with Crippen molar-refractivity contribution in [2.24, 2.45) is 11.3 Å². The van der Waals surface area contributed by atoms with Crippen molar-refractivity contribution in [1.82, 2.24) is 0 Å². The normalized spacial score (nSPS) is 13.7. The monoisotopic (exact) mass is 769 g/mol. The third-order valence-corrected chi connectivity index (χ3v) is 10.9. The highest BCUT2D eigenvalue weighted by atomic mass is 16.5. The van der Waals surface area contributed by atoms with Crippen LogP contribution < -0.4 is 0 Å². The number of Topliss-reactive ketones (excluding diaryl/α,β-unsaturated/α-hetero) is 1. The second-order valence-corrected chi connectivity index (χ2v) is 16.2. The number of carbonyl (C=O) groups is 3. The fourth-order valence-electron chi connectivity index (χ4n) is 6.56. The van der Waals surface area contributed by atoms with Crippen molar-refractivity contribution in [2.45, 2.75) is 227 Å². The fourth-order valence-corrected chi connectivity index (χ4v) is 6.56. The van der Waals surface area contributed by atoms with Crippen molar-refractivity contribution >= 4 is 17.7 Å². The molecule has 0 saturated heterocycles. The van der Waals surface area contributed by atoms with Gasteiger partial charge >= 0.3 is 11.9 Å². The molecular weight excluding hydrogens is 681 g/mol. The summed E-state index contributed by atoms with van der Waals surface area (Å²) in [5, 5.41) is 0. The Balaban J connectivity index is 4.45. The van der Waals surface area contributed by atoms with Gasteiger partial charge in [0.25, 0.3) is 0 Å². The minimum absolute atomic E-state index is 0.168. The van der Waals surface area contributed by atoms with Crippen LogP contribution in [0.4, 0.5) is 0 Å². The molecule has 0 aliphatic carbocycles. The van der Waals surface area contributed by atoms with Crippen LogP contribution in [-0.4, -0.2) is 30.9 Å². The van der Waals surface area contributed by atoms with Crippen LogP contribution in [0.15, 0.2) is 48.6 Å². The van der Waals surface area contributed by atoms with Crippen LogP contribution in [0.25, 0.3) is 0 Å². The third-order valence-electron chi connectivity index (χ3n) is 10.9. The van der Waals surface area contributed by atoms with Gasteiger partial charge in [0.05, 0.1) is 18.6 Å².